The summed E-state index contributed by atoms with van der Waals surface area (Å²) in [5.41, 5.74) is 1.24. The van der Waals surface area contributed by atoms with Gasteiger partial charge in [0.25, 0.3) is 0 Å². The maximum Gasteiger partial charge on any atom is 0.317 e. The molecule has 0 bridgehead atoms. The van der Waals surface area contributed by atoms with E-state index >= 15 is 0 Å². The summed E-state index contributed by atoms with van der Waals surface area (Å²) in [6, 6.07) is 2.03. The van der Waals surface area contributed by atoms with Gasteiger partial charge in [-0.3, -0.25) is 0 Å². The summed E-state index contributed by atoms with van der Waals surface area (Å²) < 4.78 is 23.6. The molecule has 1 N–H and O–H groups in total. The summed E-state index contributed by atoms with van der Waals surface area (Å²) in [6.07, 6.45) is 3.14. The van der Waals surface area contributed by atoms with E-state index in [-0.39, 0.29) is 29.5 Å². The topological polar surface area (TPSA) is 66.5 Å². The van der Waals surface area contributed by atoms with E-state index in [1.807, 2.05) is 6.92 Å². The van der Waals surface area contributed by atoms with Gasteiger partial charge in [-0.2, -0.15) is 0 Å². The van der Waals surface area contributed by atoms with Crippen LogP contribution in [0.1, 0.15) is 36.2 Å². The molecule has 0 unspecified atom stereocenters. The minimum atomic E-state index is -3.03. The van der Waals surface area contributed by atoms with Gasteiger partial charge in [-0.25, -0.2) is 13.2 Å². The zero-order chi connectivity index (χ0) is 15.7. The van der Waals surface area contributed by atoms with E-state index in [0.29, 0.717) is 13.1 Å². The summed E-state index contributed by atoms with van der Waals surface area (Å²) in [6.45, 7) is 2.69. The van der Waals surface area contributed by atoms with Gasteiger partial charge in [-0.1, -0.05) is 6.92 Å². The molecule has 5 nitrogen and oxygen atoms in total. The summed E-state index contributed by atoms with van der Waals surface area (Å²) >= 11 is 1.75. The lowest BCUT2D eigenvalue weighted by Gasteiger charge is -2.28. The number of fused-ring (bicyclic) bond motifs is 1. The van der Waals surface area contributed by atoms with Gasteiger partial charge in [-0.15, -0.1) is 11.3 Å². The number of nitrogens with one attached hydrogen (secondary N) is 1. The Bertz CT molecular complexity index is 653. The lowest BCUT2D eigenvalue weighted by atomic mass is 9.94. The third kappa shape index (κ3) is 3.46. The predicted octanol–water partition coefficient (Wildman–Crippen LogP) is 2.20. The molecule has 0 saturated carbocycles. The van der Waals surface area contributed by atoms with Gasteiger partial charge in [0.15, 0.2) is 9.84 Å². The Balaban J connectivity index is 1.68. The second-order valence-corrected chi connectivity index (χ2v) is 9.59. The largest absolute Gasteiger partial charge is 0.331 e. The van der Waals surface area contributed by atoms with E-state index in [0.717, 1.165) is 19.3 Å². The van der Waals surface area contributed by atoms with Crippen molar-refractivity contribution in [1.82, 2.24) is 10.2 Å². The molecule has 22 heavy (non-hydrogen) atoms. The monoisotopic (exact) mass is 342 g/mol. The molecule has 0 radical (unpaired) electrons. The van der Waals surface area contributed by atoms with Gasteiger partial charge >= 0.3 is 6.03 Å². The van der Waals surface area contributed by atoms with Crippen molar-refractivity contribution in [3.8, 4) is 0 Å². The summed E-state index contributed by atoms with van der Waals surface area (Å²) in [7, 11) is -3.03. The van der Waals surface area contributed by atoms with Crippen LogP contribution in [0.5, 0.6) is 0 Å². The SMILES string of the molecule is C[C@H]1CN(C(=O)N[C@@H]2CCCc3sccc32)CCS(=O)(=O)C1. The Kier molecular flexibility index (Phi) is 4.45. The molecule has 1 aromatic rings. The first-order chi connectivity index (χ1) is 10.4. The first kappa shape index (κ1) is 15.8. The Morgan fingerprint density at radius 1 is 1.45 bits per heavy atom. The first-order valence-corrected chi connectivity index (χ1v) is 10.5. The van der Waals surface area contributed by atoms with E-state index in [2.05, 4.69) is 16.8 Å². The van der Waals surface area contributed by atoms with E-state index in [4.69, 9.17) is 0 Å². The first-order valence-electron chi connectivity index (χ1n) is 7.77. The van der Waals surface area contributed by atoms with Crippen LogP contribution in [0, 0.1) is 5.92 Å². The van der Waals surface area contributed by atoms with Crippen molar-refractivity contribution in [2.75, 3.05) is 24.6 Å². The van der Waals surface area contributed by atoms with Crippen LogP contribution < -0.4 is 5.32 Å². The highest BCUT2D eigenvalue weighted by atomic mass is 32.2. The molecule has 0 spiro atoms. The molecular weight excluding hydrogens is 320 g/mol. The van der Waals surface area contributed by atoms with E-state index in [9.17, 15) is 13.2 Å². The fourth-order valence-corrected chi connectivity index (χ4v) is 5.97. The summed E-state index contributed by atoms with van der Waals surface area (Å²) in [5, 5.41) is 5.18. The molecule has 122 valence electrons. The smallest absolute Gasteiger partial charge is 0.317 e. The number of carbonyl (C=O) groups excluding carboxylic acids is 1. The maximum absolute atomic E-state index is 12.5. The van der Waals surface area contributed by atoms with Crippen LogP contribution in [0.15, 0.2) is 11.4 Å². The number of nitrogens with zero attached hydrogens (tertiary/aromatic N) is 1. The van der Waals surface area contributed by atoms with Crippen molar-refractivity contribution in [3.05, 3.63) is 21.9 Å². The Morgan fingerprint density at radius 3 is 3.09 bits per heavy atom. The zero-order valence-corrected chi connectivity index (χ0v) is 14.4. The molecule has 7 heteroatoms. The van der Waals surface area contributed by atoms with Crippen LogP contribution >= 0.6 is 11.3 Å². The van der Waals surface area contributed by atoms with Crippen LogP contribution in [0.4, 0.5) is 4.79 Å². The lowest BCUT2D eigenvalue weighted by molar-refractivity contribution is 0.190. The molecule has 2 atom stereocenters. The molecule has 1 aliphatic heterocycles. The Morgan fingerprint density at radius 2 is 2.27 bits per heavy atom. The zero-order valence-electron chi connectivity index (χ0n) is 12.7. The Labute approximate surface area is 135 Å². The standard InChI is InChI=1S/C15H22N2O3S2/c1-11-9-17(6-8-22(19,20)10-11)15(18)16-13-3-2-4-14-12(13)5-7-21-14/h5,7,11,13H,2-4,6,8-10H2,1H3,(H,16,18)/t11-,13+/m0/s1. The third-order valence-corrected chi connectivity index (χ3v) is 7.26. The van der Waals surface area contributed by atoms with Gasteiger partial charge in [0.2, 0.25) is 0 Å². The fourth-order valence-electron chi connectivity index (χ4n) is 3.35. The van der Waals surface area contributed by atoms with Crippen LogP contribution in [-0.2, 0) is 16.3 Å². The van der Waals surface area contributed by atoms with E-state index < -0.39 is 9.84 Å². The number of carbonyl (C=O) groups is 1. The molecular formula is C15H22N2O3S2. The van der Waals surface area contributed by atoms with Crippen LogP contribution in [0.2, 0.25) is 0 Å². The number of rotatable bonds is 1. The van der Waals surface area contributed by atoms with Crippen molar-refractivity contribution in [3.63, 3.8) is 0 Å². The van der Waals surface area contributed by atoms with Crippen molar-refractivity contribution < 1.29 is 13.2 Å². The highest BCUT2D eigenvalue weighted by Gasteiger charge is 2.29. The minimum absolute atomic E-state index is 0.0127. The summed E-state index contributed by atoms with van der Waals surface area (Å²) in [4.78, 5) is 15.6. The highest BCUT2D eigenvalue weighted by Crippen LogP contribution is 2.33. The van der Waals surface area contributed by atoms with Gasteiger partial charge in [-0.05, 0) is 42.2 Å². The fraction of sp³-hybridized carbons (Fsp3) is 0.667. The quantitative estimate of drug-likeness (QED) is 0.851. The van der Waals surface area contributed by atoms with Crippen LogP contribution in [-0.4, -0.2) is 43.9 Å². The molecule has 2 aliphatic rings. The normalized spacial score (nSPS) is 27.8. The van der Waals surface area contributed by atoms with Crippen molar-refractivity contribution >= 4 is 27.2 Å². The van der Waals surface area contributed by atoms with Gasteiger partial charge < -0.3 is 10.2 Å². The average Bonchev–Trinajstić information content (AvgIpc) is 2.86. The van der Waals surface area contributed by atoms with Gasteiger partial charge in [0.1, 0.15) is 0 Å². The molecule has 1 saturated heterocycles. The molecule has 2 heterocycles. The second-order valence-electron chi connectivity index (χ2n) is 6.36. The second kappa shape index (κ2) is 6.20. The van der Waals surface area contributed by atoms with Gasteiger partial charge in [0.05, 0.1) is 17.5 Å². The van der Waals surface area contributed by atoms with Gasteiger partial charge in [0, 0.05) is 18.0 Å². The maximum atomic E-state index is 12.5. The number of urea groups is 1. The number of amides is 2. The highest BCUT2D eigenvalue weighted by molar-refractivity contribution is 7.91. The molecule has 1 aromatic heterocycles. The number of aryl methyl sites for hydroxylation is 1. The summed E-state index contributed by atoms with van der Waals surface area (Å²) in [5.74, 6) is 0.231. The third-order valence-electron chi connectivity index (χ3n) is 4.38. The van der Waals surface area contributed by atoms with Crippen molar-refractivity contribution in [1.29, 1.82) is 0 Å². The molecule has 1 aliphatic carbocycles. The molecule has 2 amide bonds. The number of hydrogen-bond acceptors (Lipinski definition) is 4. The van der Waals surface area contributed by atoms with Crippen LogP contribution in [0.25, 0.3) is 0 Å². The number of hydrogen-bond donors (Lipinski definition) is 1. The number of sulfone groups is 1. The van der Waals surface area contributed by atoms with Crippen LogP contribution in [0.3, 0.4) is 0 Å². The number of thiophene rings is 1. The molecule has 3 rings (SSSR count). The van der Waals surface area contributed by atoms with Crippen molar-refractivity contribution in [2.45, 2.75) is 32.2 Å². The van der Waals surface area contributed by atoms with Crippen molar-refractivity contribution in [2.24, 2.45) is 5.92 Å². The average molecular weight is 342 g/mol. The predicted molar refractivity (Wildman–Crippen MR) is 87.9 cm³/mol. The Hall–Kier alpha value is -1.08. The lowest BCUT2D eigenvalue weighted by Crippen LogP contribution is -2.44. The molecule has 0 aromatic carbocycles. The van der Waals surface area contributed by atoms with E-state index in [1.165, 1.54) is 10.4 Å². The minimum Gasteiger partial charge on any atom is -0.331 e. The molecule has 1 fully saturated rings. The van der Waals surface area contributed by atoms with E-state index in [1.54, 1.807) is 16.2 Å².